The summed E-state index contributed by atoms with van der Waals surface area (Å²) < 4.78 is 10.8. The fourth-order valence-electron chi connectivity index (χ4n) is 2.13. The highest BCUT2D eigenvalue weighted by molar-refractivity contribution is 5.99. The van der Waals surface area contributed by atoms with Crippen LogP contribution in [-0.4, -0.2) is 31.0 Å². The monoisotopic (exact) mass is 277 g/mol. The third kappa shape index (κ3) is 3.36. The molecule has 1 aliphatic rings. The molecular formula is C15H19NO4. The molecule has 0 radical (unpaired) electrons. The molecule has 1 unspecified atom stereocenters. The van der Waals surface area contributed by atoms with Crippen LogP contribution in [0.2, 0.25) is 0 Å². The lowest BCUT2D eigenvalue weighted by atomic mass is 10.1. The summed E-state index contributed by atoms with van der Waals surface area (Å²) >= 11 is 0. The van der Waals surface area contributed by atoms with Gasteiger partial charge in [0.15, 0.2) is 5.78 Å². The van der Waals surface area contributed by atoms with Crippen molar-refractivity contribution in [1.82, 2.24) is 0 Å². The first-order valence-electron chi connectivity index (χ1n) is 6.82. The van der Waals surface area contributed by atoms with Crippen molar-refractivity contribution in [3.8, 4) is 5.75 Å². The Morgan fingerprint density at radius 3 is 2.85 bits per heavy atom. The second-order valence-electron chi connectivity index (χ2n) is 4.69. The Balaban J connectivity index is 2.20. The summed E-state index contributed by atoms with van der Waals surface area (Å²) in [4.78, 5) is 23.5. The van der Waals surface area contributed by atoms with Crippen LogP contribution in [0.25, 0.3) is 0 Å². The van der Waals surface area contributed by atoms with E-state index in [1.807, 2.05) is 6.92 Å². The van der Waals surface area contributed by atoms with Gasteiger partial charge >= 0.3 is 0 Å². The Morgan fingerprint density at radius 1 is 1.45 bits per heavy atom. The maximum Gasteiger partial charge on any atom is 0.253 e. The van der Waals surface area contributed by atoms with Crippen molar-refractivity contribution in [2.45, 2.75) is 32.8 Å². The fourth-order valence-corrected chi connectivity index (χ4v) is 2.13. The summed E-state index contributed by atoms with van der Waals surface area (Å²) in [5.74, 6) is 0.314. The zero-order valence-electron chi connectivity index (χ0n) is 11.8. The molecule has 0 aliphatic carbocycles. The summed E-state index contributed by atoms with van der Waals surface area (Å²) in [5.41, 5.74) is 1.05. The molecule has 0 saturated carbocycles. The Kier molecular flexibility index (Phi) is 4.74. The maximum absolute atomic E-state index is 12.1. The molecule has 1 aromatic rings. The lowest BCUT2D eigenvalue weighted by Gasteiger charge is -2.15. The molecule has 5 nitrogen and oxygen atoms in total. The van der Waals surface area contributed by atoms with Gasteiger partial charge in [0.1, 0.15) is 11.9 Å². The van der Waals surface area contributed by atoms with Gasteiger partial charge in [-0.1, -0.05) is 0 Å². The Labute approximate surface area is 118 Å². The number of Topliss-reactive ketones (excluding diaryl/α,β-unsaturated/α-hetero) is 1. The van der Waals surface area contributed by atoms with E-state index in [0.29, 0.717) is 30.2 Å². The summed E-state index contributed by atoms with van der Waals surface area (Å²) in [5, 5.41) is 2.79. The van der Waals surface area contributed by atoms with Crippen LogP contribution in [0, 0.1) is 0 Å². The van der Waals surface area contributed by atoms with Crippen LogP contribution in [0.4, 0.5) is 5.69 Å². The quantitative estimate of drug-likeness (QED) is 0.839. The molecule has 5 heteroatoms. The van der Waals surface area contributed by atoms with E-state index < -0.39 is 6.10 Å². The standard InChI is InChI=1S/C15H19NO4/c1-3-19-13-7-6-11(10(2)17)9-12(13)16-15(18)14-5-4-8-20-14/h6-7,9,14H,3-5,8H2,1-2H3,(H,16,18). The van der Waals surface area contributed by atoms with Gasteiger partial charge in [0.05, 0.1) is 12.3 Å². The first-order valence-corrected chi connectivity index (χ1v) is 6.82. The van der Waals surface area contributed by atoms with Gasteiger partial charge in [0.25, 0.3) is 5.91 Å². The molecule has 1 N–H and O–H groups in total. The topological polar surface area (TPSA) is 64.6 Å². The molecule has 1 amide bonds. The van der Waals surface area contributed by atoms with Crippen LogP contribution in [0.5, 0.6) is 5.75 Å². The average Bonchev–Trinajstić information content (AvgIpc) is 2.94. The summed E-state index contributed by atoms with van der Waals surface area (Å²) in [6.07, 6.45) is 1.21. The number of ketones is 1. The average molecular weight is 277 g/mol. The third-order valence-corrected chi connectivity index (χ3v) is 3.17. The Bertz CT molecular complexity index is 507. The van der Waals surface area contributed by atoms with Gasteiger partial charge in [-0.25, -0.2) is 0 Å². The molecule has 1 aromatic carbocycles. The SMILES string of the molecule is CCOc1ccc(C(C)=O)cc1NC(=O)C1CCCO1. The molecule has 0 spiro atoms. The van der Waals surface area contributed by atoms with Crippen molar-refractivity contribution >= 4 is 17.4 Å². The lowest BCUT2D eigenvalue weighted by molar-refractivity contribution is -0.124. The minimum absolute atomic E-state index is 0.0549. The smallest absolute Gasteiger partial charge is 0.253 e. The first kappa shape index (κ1) is 14.5. The van der Waals surface area contributed by atoms with E-state index in [1.165, 1.54) is 6.92 Å². The number of amides is 1. The van der Waals surface area contributed by atoms with Gasteiger partial charge in [-0.2, -0.15) is 0 Å². The number of benzene rings is 1. The van der Waals surface area contributed by atoms with Crippen molar-refractivity contribution in [3.63, 3.8) is 0 Å². The number of hydrogen-bond donors (Lipinski definition) is 1. The minimum atomic E-state index is -0.412. The molecule has 1 heterocycles. The fraction of sp³-hybridized carbons (Fsp3) is 0.467. The van der Waals surface area contributed by atoms with Gasteiger partial charge < -0.3 is 14.8 Å². The normalized spacial score (nSPS) is 17.8. The molecular weight excluding hydrogens is 258 g/mol. The summed E-state index contributed by atoms with van der Waals surface area (Å²) in [6, 6.07) is 5.03. The molecule has 0 aromatic heterocycles. The Morgan fingerprint density at radius 2 is 2.25 bits per heavy atom. The van der Waals surface area contributed by atoms with Crippen molar-refractivity contribution in [1.29, 1.82) is 0 Å². The highest BCUT2D eigenvalue weighted by Crippen LogP contribution is 2.27. The molecule has 1 saturated heterocycles. The second-order valence-corrected chi connectivity index (χ2v) is 4.69. The van der Waals surface area contributed by atoms with E-state index in [2.05, 4.69) is 5.32 Å². The highest BCUT2D eigenvalue weighted by atomic mass is 16.5. The van der Waals surface area contributed by atoms with E-state index >= 15 is 0 Å². The largest absolute Gasteiger partial charge is 0.492 e. The van der Waals surface area contributed by atoms with Gasteiger partial charge in [0, 0.05) is 12.2 Å². The van der Waals surface area contributed by atoms with Crippen molar-refractivity contribution in [3.05, 3.63) is 23.8 Å². The van der Waals surface area contributed by atoms with Crippen molar-refractivity contribution in [2.24, 2.45) is 0 Å². The number of carbonyl (C=O) groups is 2. The number of rotatable bonds is 5. The number of anilines is 1. The van der Waals surface area contributed by atoms with Crippen molar-refractivity contribution in [2.75, 3.05) is 18.5 Å². The van der Waals surface area contributed by atoms with E-state index in [9.17, 15) is 9.59 Å². The molecule has 20 heavy (non-hydrogen) atoms. The molecule has 1 aliphatic heterocycles. The molecule has 1 atom stereocenters. The molecule has 2 rings (SSSR count). The zero-order valence-corrected chi connectivity index (χ0v) is 11.8. The van der Waals surface area contributed by atoms with E-state index in [0.717, 1.165) is 12.8 Å². The van der Waals surface area contributed by atoms with E-state index in [1.54, 1.807) is 18.2 Å². The molecule has 0 bridgehead atoms. The van der Waals surface area contributed by atoms with Crippen LogP contribution >= 0.6 is 0 Å². The van der Waals surface area contributed by atoms with Crippen LogP contribution in [0.3, 0.4) is 0 Å². The maximum atomic E-state index is 12.1. The third-order valence-electron chi connectivity index (χ3n) is 3.17. The van der Waals surface area contributed by atoms with Gasteiger partial charge in [-0.05, 0) is 44.9 Å². The number of carbonyl (C=O) groups excluding carboxylic acids is 2. The van der Waals surface area contributed by atoms with Gasteiger partial charge in [-0.15, -0.1) is 0 Å². The first-order chi connectivity index (χ1) is 9.61. The summed E-state index contributed by atoms with van der Waals surface area (Å²) in [6.45, 7) is 4.46. The highest BCUT2D eigenvalue weighted by Gasteiger charge is 2.24. The Hall–Kier alpha value is -1.88. The van der Waals surface area contributed by atoms with Crippen LogP contribution in [0.15, 0.2) is 18.2 Å². The van der Waals surface area contributed by atoms with E-state index in [4.69, 9.17) is 9.47 Å². The lowest BCUT2D eigenvalue weighted by Crippen LogP contribution is -2.27. The van der Waals surface area contributed by atoms with Crippen LogP contribution in [-0.2, 0) is 9.53 Å². The second kappa shape index (κ2) is 6.52. The number of ether oxygens (including phenoxy) is 2. The van der Waals surface area contributed by atoms with Crippen LogP contribution in [0.1, 0.15) is 37.0 Å². The zero-order chi connectivity index (χ0) is 14.5. The van der Waals surface area contributed by atoms with Gasteiger partial charge in [0.2, 0.25) is 0 Å². The van der Waals surface area contributed by atoms with Crippen molar-refractivity contribution < 1.29 is 19.1 Å². The molecule has 1 fully saturated rings. The number of hydrogen-bond acceptors (Lipinski definition) is 4. The summed E-state index contributed by atoms with van der Waals surface area (Å²) in [7, 11) is 0. The molecule has 108 valence electrons. The predicted molar refractivity (Wildman–Crippen MR) is 75.2 cm³/mol. The number of nitrogens with one attached hydrogen (secondary N) is 1. The predicted octanol–water partition coefficient (Wildman–Crippen LogP) is 2.41. The van der Waals surface area contributed by atoms with Crippen LogP contribution < -0.4 is 10.1 Å². The minimum Gasteiger partial charge on any atom is -0.492 e. The van der Waals surface area contributed by atoms with Gasteiger partial charge in [-0.3, -0.25) is 9.59 Å². The van der Waals surface area contributed by atoms with E-state index in [-0.39, 0.29) is 11.7 Å².